The molecule has 0 bridgehead atoms. The van der Waals surface area contributed by atoms with Crippen LogP contribution in [-0.4, -0.2) is 17.4 Å². The predicted octanol–water partition coefficient (Wildman–Crippen LogP) is 0.173. The summed E-state index contributed by atoms with van der Waals surface area (Å²) in [6.45, 7) is 0.701. The van der Waals surface area contributed by atoms with E-state index in [4.69, 9.17) is 11.5 Å². The minimum Gasteiger partial charge on any atom is -0.376 e. The Balaban J connectivity index is 2.32. The van der Waals surface area contributed by atoms with Gasteiger partial charge < -0.3 is 16.6 Å². The summed E-state index contributed by atoms with van der Waals surface area (Å²) in [6, 6.07) is 0. The molecule has 0 saturated heterocycles. The number of hydrogen-bond acceptors (Lipinski definition) is 3. The second-order valence-electron chi connectivity index (χ2n) is 3.51. The van der Waals surface area contributed by atoms with Gasteiger partial charge in [-0.15, -0.1) is 0 Å². The van der Waals surface area contributed by atoms with Gasteiger partial charge in [-0.05, 0) is 38.6 Å². The fourth-order valence-electron chi connectivity index (χ4n) is 1.84. The molecule has 2 atom stereocenters. The summed E-state index contributed by atoms with van der Waals surface area (Å²) in [6.07, 6.45) is 4.82. The van der Waals surface area contributed by atoms with Crippen LogP contribution in [0.5, 0.6) is 0 Å². The second-order valence-corrected chi connectivity index (χ2v) is 3.51. The number of rotatable bonds is 3. The number of hydrogen-bond donors (Lipinski definition) is 3. The minimum atomic E-state index is -0.894. The highest BCUT2D eigenvalue weighted by Crippen LogP contribution is 2.34. The van der Waals surface area contributed by atoms with E-state index in [-0.39, 0.29) is 5.92 Å². The Morgan fingerprint density at radius 3 is 2.73 bits per heavy atom. The molecular formula is C8H18N2O. The molecule has 0 radical (unpaired) electrons. The first kappa shape index (κ1) is 8.97. The van der Waals surface area contributed by atoms with Gasteiger partial charge in [0.05, 0.1) is 0 Å². The summed E-state index contributed by atoms with van der Waals surface area (Å²) in [5.41, 5.74) is 10.2. The van der Waals surface area contributed by atoms with Crippen LogP contribution in [0.25, 0.3) is 0 Å². The topological polar surface area (TPSA) is 72.3 Å². The van der Waals surface area contributed by atoms with Gasteiger partial charge in [0.1, 0.15) is 5.72 Å². The van der Waals surface area contributed by atoms with Crippen LogP contribution in [0.1, 0.15) is 32.1 Å². The van der Waals surface area contributed by atoms with Crippen molar-refractivity contribution >= 4 is 0 Å². The molecule has 3 nitrogen and oxygen atoms in total. The van der Waals surface area contributed by atoms with Crippen molar-refractivity contribution in [3.05, 3.63) is 0 Å². The SMILES string of the molecule is NCCCC1CCCC1(N)O. The molecule has 1 saturated carbocycles. The molecule has 0 aromatic rings. The van der Waals surface area contributed by atoms with Crippen LogP contribution in [0.3, 0.4) is 0 Å². The van der Waals surface area contributed by atoms with E-state index in [1.165, 1.54) is 0 Å². The molecule has 0 aliphatic heterocycles. The lowest BCUT2D eigenvalue weighted by Crippen LogP contribution is -2.43. The Hall–Kier alpha value is -0.120. The quantitative estimate of drug-likeness (QED) is 0.513. The maximum Gasteiger partial charge on any atom is 0.116 e. The first-order valence-corrected chi connectivity index (χ1v) is 4.38. The van der Waals surface area contributed by atoms with Gasteiger partial charge in [0.2, 0.25) is 0 Å². The summed E-state index contributed by atoms with van der Waals surface area (Å²) in [7, 11) is 0. The molecule has 5 N–H and O–H groups in total. The monoisotopic (exact) mass is 158 g/mol. The van der Waals surface area contributed by atoms with E-state index in [0.29, 0.717) is 6.54 Å². The zero-order chi connectivity index (χ0) is 8.32. The van der Waals surface area contributed by atoms with Crippen LogP contribution in [0.15, 0.2) is 0 Å². The molecule has 0 aromatic heterocycles. The third kappa shape index (κ3) is 2.15. The standard InChI is InChI=1S/C8H18N2O/c9-6-2-4-7-3-1-5-8(7,10)11/h7,11H,1-6,9-10H2. The minimum absolute atomic E-state index is 0.283. The Morgan fingerprint density at radius 2 is 2.27 bits per heavy atom. The normalized spacial score (nSPS) is 37.9. The molecule has 3 heteroatoms. The van der Waals surface area contributed by atoms with Crippen molar-refractivity contribution in [3.8, 4) is 0 Å². The fourth-order valence-corrected chi connectivity index (χ4v) is 1.84. The van der Waals surface area contributed by atoms with E-state index in [1.807, 2.05) is 0 Å². The van der Waals surface area contributed by atoms with Crippen molar-refractivity contribution < 1.29 is 5.11 Å². The predicted molar refractivity (Wildman–Crippen MR) is 44.8 cm³/mol. The average Bonchev–Trinajstić information content (AvgIpc) is 2.25. The summed E-state index contributed by atoms with van der Waals surface area (Å²) in [4.78, 5) is 0. The first-order chi connectivity index (χ1) is 5.17. The van der Waals surface area contributed by atoms with Crippen molar-refractivity contribution in [3.63, 3.8) is 0 Å². The summed E-state index contributed by atoms with van der Waals surface area (Å²) in [5, 5.41) is 9.62. The highest BCUT2D eigenvalue weighted by atomic mass is 16.3. The lowest BCUT2D eigenvalue weighted by atomic mass is 9.95. The summed E-state index contributed by atoms with van der Waals surface area (Å²) < 4.78 is 0. The maximum absolute atomic E-state index is 9.62. The van der Waals surface area contributed by atoms with E-state index in [2.05, 4.69) is 0 Å². The molecule has 1 rings (SSSR count). The van der Waals surface area contributed by atoms with Crippen LogP contribution >= 0.6 is 0 Å². The summed E-state index contributed by atoms with van der Waals surface area (Å²) in [5.74, 6) is 0.283. The molecular weight excluding hydrogens is 140 g/mol. The highest BCUT2D eigenvalue weighted by Gasteiger charge is 2.36. The zero-order valence-corrected chi connectivity index (χ0v) is 6.92. The van der Waals surface area contributed by atoms with Crippen LogP contribution in [-0.2, 0) is 0 Å². The lowest BCUT2D eigenvalue weighted by Gasteiger charge is -2.24. The van der Waals surface area contributed by atoms with Crippen LogP contribution < -0.4 is 11.5 Å². The Labute approximate surface area is 67.8 Å². The van der Waals surface area contributed by atoms with Crippen LogP contribution in [0.2, 0.25) is 0 Å². The third-order valence-corrected chi connectivity index (χ3v) is 2.59. The molecule has 66 valence electrons. The van der Waals surface area contributed by atoms with Crippen molar-refractivity contribution in [1.29, 1.82) is 0 Å². The number of nitrogens with two attached hydrogens (primary N) is 2. The third-order valence-electron chi connectivity index (χ3n) is 2.59. The van der Waals surface area contributed by atoms with Gasteiger partial charge >= 0.3 is 0 Å². The van der Waals surface area contributed by atoms with E-state index < -0.39 is 5.72 Å². The number of aliphatic hydroxyl groups is 1. The van der Waals surface area contributed by atoms with Gasteiger partial charge in [-0.2, -0.15) is 0 Å². The molecule has 0 spiro atoms. The smallest absolute Gasteiger partial charge is 0.116 e. The Kier molecular flexibility index (Phi) is 2.87. The molecule has 0 heterocycles. The van der Waals surface area contributed by atoms with Gasteiger partial charge in [-0.25, -0.2) is 0 Å². The van der Waals surface area contributed by atoms with E-state index in [0.717, 1.165) is 32.1 Å². The van der Waals surface area contributed by atoms with Crippen LogP contribution in [0, 0.1) is 5.92 Å². The van der Waals surface area contributed by atoms with Crippen molar-refractivity contribution in [2.45, 2.75) is 37.8 Å². The van der Waals surface area contributed by atoms with E-state index >= 15 is 0 Å². The summed E-state index contributed by atoms with van der Waals surface area (Å²) >= 11 is 0. The van der Waals surface area contributed by atoms with Crippen molar-refractivity contribution in [1.82, 2.24) is 0 Å². The van der Waals surface area contributed by atoms with Crippen LogP contribution in [0.4, 0.5) is 0 Å². The lowest BCUT2D eigenvalue weighted by molar-refractivity contribution is 0.00511. The molecule has 2 unspecified atom stereocenters. The van der Waals surface area contributed by atoms with Crippen molar-refractivity contribution in [2.75, 3.05) is 6.54 Å². The van der Waals surface area contributed by atoms with Gasteiger partial charge in [0.15, 0.2) is 0 Å². The van der Waals surface area contributed by atoms with Crippen molar-refractivity contribution in [2.24, 2.45) is 17.4 Å². The highest BCUT2D eigenvalue weighted by molar-refractivity contribution is 4.86. The second kappa shape index (κ2) is 3.52. The first-order valence-electron chi connectivity index (χ1n) is 4.38. The maximum atomic E-state index is 9.62. The van der Waals surface area contributed by atoms with Gasteiger partial charge in [-0.3, -0.25) is 0 Å². The fraction of sp³-hybridized carbons (Fsp3) is 1.00. The van der Waals surface area contributed by atoms with Gasteiger partial charge in [0.25, 0.3) is 0 Å². The molecule has 1 aliphatic rings. The van der Waals surface area contributed by atoms with Gasteiger partial charge in [0, 0.05) is 5.92 Å². The molecule has 11 heavy (non-hydrogen) atoms. The largest absolute Gasteiger partial charge is 0.376 e. The Bertz CT molecular complexity index is 125. The molecule has 1 fully saturated rings. The van der Waals surface area contributed by atoms with E-state index in [9.17, 15) is 5.11 Å². The van der Waals surface area contributed by atoms with Gasteiger partial charge in [-0.1, -0.05) is 0 Å². The Morgan fingerprint density at radius 1 is 1.55 bits per heavy atom. The molecule has 0 aromatic carbocycles. The van der Waals surface area contributed by atoms with E-state index in [1.54, 1.807) is 0 Å². The zero-order valence-electron chi connectivity index (χ0n) is 6.92. The molecule has 1 aliphatic carbocycles. The average molecular weight is 158 g/mol. The molecule has 0 amide bonds.